The zero-order valence-corrected chi connectivity index (χ0v) is 8.19. The lowest BCUT2D eigenvalue weighted by Gasteiger charge is -2.10. The summed E-state index contributed by atoms with van der Waals surface area (Å²) in [7, 11) is 0. The molecule has 0 saturated heterocycles. The van der Waals surface area contributed by atoms with Crippen molar-refractivity contribution in [1.29, 1.82) is 0 Å². The number of nitrogens with zero attached hydrogens (tertiary/aromatic N) is 1. The first-order valence-electron chi connectivity index (χ1n) is 4.07. The predicted octanol–water partition coefficient (Wildman–Crippen LogP) is 3.63. The number of benzene rings is 1. The molecule has 1 heterocycles. The van der Waals surface area contributed by atoms with Crippen LogP contribution in [0.15, 0.2) is 29.6 Å². The van der Waals surface area contributed by atoms with E-state index in [1.807, 2.05) is 0 Å². The summed E-state index contributed by atoms with van der Waals surface area (Å²) < 4.78 is 37.8. The lowest BCUT2D eigenvalue weighted by Crippen LogP contribution is -2.06. The Morgan fingerprint density at radius 2 is 1.93 bits per heavy atom. The third-order valence-electron chi connectivity index (χ3n) is 1.90. The molecule has 0 saturated carbocycles. The first kappa shape index (κ1) is 10.2. The Balaban J connectivity index is 2.58. The first-order valence-corrected chi connectivity index (χ1v) is 4.95. The van der Waals surface area contributed by atoms with Crippen LogP contribution in [0.2, 0.25) is 0 Å². The van der Waals surface area contributed by atoms with Crippen LogP contribution in [0.25, 0.3) is 11.3 Å². The Hall–Kier alpha value is -1.36. The molecule has 0 aliphatic heterocycles. The van der Waals surface area contributed by atoms with Crippen molar-refractivity contribution in [2.45, 2.75) is 6.18 Å². The molecule has 0 atom stereocenters. The van der Waals surface area contributed by atoms with Gasteiger partial charge in [-0.1, -0.05) is 18.2 Å². The molecule has 1 radical (unpaired) electrons. The lowest BCUT2D eigenvalue weighted by molar-refractivity contribution is -0.137. The van der Waals surface area contributed by atoms with Gasteiger partial charge in [-0.2, -0.15) is 13.2 Å². The summed E-state index contributed by atoms with van der Waals surface area (Å²) in [4.78, 5) is 3.75. The fourth-order valence-corrected chi connectivity index (χ4v) is 1.76. The second kappa shape index (κ2) is 3.66. The first-order chi connectivity index (χ1) is 7.09. The zero-order chi connectivity index (χ0) is 10.9. The van der Waals surface area contributed by atoms with Crippen LogP contribution in [-0.2, 0) is 6.18 Å². The molecular weight excluding hydrogens is 223 g/mol. The van der Waals surface area contributed by atoms with Gasteiger partial charge in [0.05, 0.1) is 11.3 Å². The SMILES string of the molecule is FC(F)(F)c1ccccc1-c1cs[c]n1. The Bertz CT molecular complexity index is 448. The highest BCUT2D eigenvalue weighted by Gasteiger charge is 2.33. The van der Waals surface area contributed by atoms with Gasteiger partial charge in [-0.25, -0.2) is 4.98 Å². The molecule has 2 rings (SSSR count). The molecule has 0 aliphatic carbocycles. The van der Waals surface area contributed by atoms with E-state index in [1.165, 1.54) is 12.1 Å². The number of rotatable bonds is 1. The number of hydrogen-bond acceptors (Lipinski definition) is 2. The van der Waals surface area contributed by atoms with Crippen LogP contribution < -0.4 is 0 Å². The topological polar surface area (TPSA) is 12.9 Å². The predicted molar refractivity (Wildman–Crippen MR) is 51.4 cm³/mol. The molecule has 0 aliphatic rings. The van der Waals surface area contributed by atoms with Crippen molar-refractivity contribution < 1.29 is 13.2 Å². The minimum atomic E-state index is -4.35. The van der Waals surface area contributed by atoms with Gasteiger partial charge >= 0.3 is 6.18 Å². The number of halogens is 3. The van der Waals surface area contributed by atoms with Crippen LogP contribution in [0.4, 0.5) is 13.2 Å². The van der Waals surface area contributed by atoms with E-state index in [4.69, 9.17) is 0 Å². The van der Waals surface area contributed by atoms with Gasteiger partial charge in [0.1, 0.15) is 0 Å². The van der Waals surface area contributed by atoms with Crippen molar-refractivity contribution in [2.75, 3.05) is 0 Å². The van der Waals surface area contributed by atoms with E-state index >= 15 is 0 Å². The van der Waals surface area contributed by atoms with Crippen molar-refractivity contribution in [1.82, 2.24) is 4.98 Å². The van der Waals surface area contributed by atoms with Gasteiger partial charge < -0.3 is 0 Å². The summed E-state index contributed by atoms with van der Waals surface area (Å²) in [5, 5.41) is 1.55. The third-order valence-corrected chi connectivity index (χ3v) is 2.44. The summed E-state index contributed by atoms with van der Waals surface area (Å²) in [6, 6.07) is 5.38. The average molecular weight is 228 g/mol. The van der Waals surface area contributed by atoms with Gasteiger partial charge in [0.15, 0.2) is 5.51 Å². The summed E-state index contributed by atoms with van der Waals surface area (Å²) in [5.41, 5.74) is 2.28. The van der Waals surface area contributed by atoms with E-state index in [0.29, 0.717) is 5.69 Å². The molecule has 1 aromatic carbocycles. The van der Waals surface area contributed by atoms with Crippen molar-refractivity contribution in [3.63, 3.8) is 0 Å². The van der Waals surface area contributed by atoms with Crippen LogP contribution in [0, 0.1) is 5.51 Å². The number of aromatic nitrogens is 1. The van der Waals surface area contributed by atoms with Gasteiger partial charge in [0.25, 0.3) is 0 Å². The van der Waals surface area contributed by atoms with E-state index in [2.05, 4.69) is 10.5 Å². The minimum absolute atomic E-state index is 0.0995. The zero-order valence-electron chi connectivity index (χ0n) is 7.38. The van der Waals surface area contributed by atoms with Crippen LogP contribution in [0.1, 0.15) is 5.56 Å². The molecule has 0 unspecified atom stereocenters. The molecule has 15 heavy (non-hydrogen) atoms. The lowest BCUT2D eigenvalue weighted by atomic mass is 10.1. The van der Waals surface area contributed by atoms with Crippen LogP contribution >= 0.6 is 11.3 Å². The molecule has 77 valence electrons. The second-order valence-electron chi connectivity index (χ2n) is 2.87. The fourth-order valence-electron chi connectivity index (χ4n) is 1.26. The Morgan fingerprint density at radius 3 is 2.53 bits per heavy atom. The molecule has 0 fully saturated rings. The maximum absolute atomic E-state index is 12.6. The molecule has 0 amide bonds. The van der Waals surface area contributed by atoms with Gasteiger partial charge in [-0.15, -0.1) is 11.3 Å². The van der Waals surface area contributed by atoms with E-state index in [-0.39, 0.29) is 5.56 Å². The van der Waals surface area contributed by atoms with Crippen molar-refractivity contribution >= 4 is 11.3 Å². The minimum Gasteiger partial charge on any atom is -0.233 e. The Morgan fingerprint density at radius 1 is 1.20 bits per heavy atom. The van der Waals surface area contributed by atoms with Crippen LogP contribution in [-0.4, -0.2) is 4.98 Å². The summed E-state index contributed by atoms with van der Waals surface area (Å²) in [6.45, 7) is 0. The van der Waals surface area contributed by atoms with E-state index in [1.54, 1.807) is 11.4 Å². The average Bonchev–Trinajstić information content (AvgIpc) is 2.69. The number of alkyl halides is 3. The maximum Gasteiger partial charge on any atom is 0.417 e. The smallest absolute Gasteiger partial charge is 0.233 e. The Kier molecular flexibility index (Phi) is 2.48. The standard InChI is InChI=1S/C10H5F3NS/c11-10(12,13)8-4-2-1-3-7(8)9-5-15-6-14-9/h1-5H. The van der Waals surface area contributed by atoms with E-state index in [9.17, 15) is 13.2 Å². The fraction of sp³-hybridized carbons (Fsp3) is 0.100. The molecule has 1 nitrogen and oxygen atoms in total. The highest BCUT2D eigenvalue weighted by molar-refractivity contribution is 7.07. The molecule has 2 aromatic rings. The normalized spacial score (nSPS) is 11.7. The van der Waals surface area contributed by atoms with Crippen molar-refractivity contribution in [3.05, 3.63) is 40.7 Å². The third kappa shape index (κ3) is 2.02. The van der Waals surface area contributed by atoms with Gasteiger partial charge in [-0.05, 0) is 6.07 Å². The quantitative estimate of drug-likeness (QED) is 0.726. The molecule has 0 spiro atoms. The largest absolute Gasteiger partial charge is 0.417 e. The molecule has 0 bridgehead atoms. The van der Waals surface area contributed by atoms with Gasteiger partial charge in [0, 0.05) is 10.9 Å². The summed E-state index contributed by atoms with van der Waals surface area (Å²) in [5.74, 6) is 0. The van der Waals surface area contributed by atoms with Crippen molar-refractivity contribution in [2.24, 2.45) is 0 Å². The Labute approximate surface area is 88.2 Å². The number of hydrogen-bond donors (Lipinski definition) is 0. The van der Waals surface area contributed by atoms with Gasteiger partial charge in [0.2, 0.25) is 0 Å². The second-order valence-corrected chi connectivity index (χ2v) is 3.52. The monoisotopic (exact) mass is 228 g/mol. The highest BCUT2D eigenvalue weighted by atomic mass is 32.1. The maximum atomic E-state index is 12.6. The molecule has 0 N–H and O–H groups in total. The van der Waals surface area contributed by atoms with E-state index < -0.39 is 11.7 Å². The number of thiazole rings is 1. The van der Waals surface area contributed by atoms with Crippen LogP contribution in [0.5, 0.6) is 0 Å². The molecular formula is C10H5F3NS. The summed E-state index contributed by atoms with van der Waals surface area (Å²) >= 11 is 1.15. The summed E-state index contributed by atoms with van der Waals surface area (Å²) in [6.07, 6.45) is -4.35. The van der Waals surface area contributed by atoms with Crippen LogP contribution in [0.3, 0.4) is 0 Å². The highest BCUT2D eigenvalue weighted by Crippen LogP contribution is 2.36. The van der Waals surface area contributed by atoms with E-state index in [0.717, 1.165) is 17.4 Å². The molecule has 1 aromatic heterocycles. The van der Waals surface area contributed by atoms with Crippen molar-refractivity contribution in [3.8, 4) is 11.3 Å². The van der Waals surface area contributed by atoms with Gasteiger partial charge in [-0.3, -0.25) is 0 Å². The molecule has 5 heteroatoms.